The number of carbonyl (C=O) groups is 1. The Hall–Kier alpha value is -3.88. The molecule has 12 nitrogen and oxygen atoms in total. The normalized spacial score (nSPS) is 11.3. The molecule has 0 atom stereocenters. The lowest BCUT2D eigenvalue weighted by atomic mass is 10.2. The number of rotatable bonds is 12. The number of carbonyl (C=O) groups excluding carboxylic acids is 1. The van der Waals surface area contributed by atoms with E-state index in [1.165, 1.54) is 42.6 Å². The smallest absolute Gasteiger partial charge is 0.240 e. The molecule has 200 valence electrons. The highest BCUT2D eigenvalue weighted by Gasteiger charge is 2.16. The second kappa shape index (κ2) is 12.1. The van der Waals surface area contributed by atoms with Crippen LogP contribution in [-0.2, 0) is 21.2 Å². The number of aromatic nitrogens is 4. The Bertz CT molecular complexity index is 1530. The van der Waals surface area contributed by atoms with Crippen LogP contribution in [0.25, 0.3) is 5.65 Å². The van der Waals surface area contributed by atoms with Crippen LogP contribution in [0.5, 0.6) is 17.2 Å². The van der Waals surface area contributed by atoms with E-state index in [0.29, 0.717) is 39.4 Å². The number of methoxy groups -OCH3 is 3. The molecule has 1 amide bonds. The molecular weight excluding hydrogens is 532 g/mol. The molecule has 0 radical (unpaired) electrons. The second-order valence-corrected chi connectivity index (χ2v) is 10.5. The number of hydrogen-bond acceptors (Lipinski definition) is 10. The van der Waals surface area contributed by atoms with Gasteiger partial charge in [-0.2, -0.15) is 9.61 Å². The minimum Gasteiger partial charge on any atom is -0.497 e. The van der Waals surface area contributed by atoms with E-state index in [0.717, 1.165) is 0 Å². The SMILES string of the molecule is COc1ccc(S(=O)(=O)NCCc2nnc3ccc(SCC(=O)Nc4cc(OC)ccc4OC)nn23)cc1. The van der Waals surface area contributed by atoms with Gasteiger partial charge in [0.25, 0.3) is 0 Å². The molecule has 2 aromatic carbocycles. The van der Waals surface area contributed by atoms with Crippen molar-refractivity contribution in [2.75, 3.05) is 38.9 Å². The van der Waals surface area contributed by atoms with Gasteiger partial charge in [-0.1, -0.05) is 11.8 Å². The molecule has 0 spiro atoms. The van der Waals surface area contributed by atoms with Crippen LogP contribution in [-0.4, -0.2) is 67.8 Å². The number of amides is 1. The van der Waals surface area contributed by atoms with Crippen LogP contribution in [0.1, 0.15) is 5.82 Å². The summed E-state index contributed by atoms with van der Waals surface area (Å²) in [5, 5.41) is 16.1. The molecule has 0 saturated carbocycles. The summed E-state index contributed by atoms with van der Waals surface area (Å²) >= 11 is 1.23. The monoisotopic (exact) mass is 558 g/mol. The van der Waals surface area contributed by atoms with Gasteiger partial charge in [-0.25, -0.2) is 13.1 Å². The zero-order chi connectivity index (χ0) is 27.1. The molecule has 0 fully saturated rings. The lowest BCUT2D eigenvalue weighted by molar-refractivity contribution is -0.113. The van der Waals surface area contributed by atoms with Gasteiger partial charge in [0, 0.05) is 19.0 Å². The summed E-state index contributed by atoms with van der Waals surface area (Å²) < 4.78 is 44.8. The molecule has 4 aromatic rings. The minimum atomic E-state index is -3.70. The standard InChI is InChI=1S/C24H26N6O6S2/c1-34-16-4-7-18(8-5-16)38(32,33)25-13-12-22-28-27-21-10-11-24(29-30(21)22)37-15-23(31)26-19-14-17(35-2)6-9-20(19)36-3/h4-11,14,25H,12-13,15H2,1-3H3,(H,26,31). The molecular formula is C24H26N6O6S2. The largest absolute Gasteiger partial charge is 0.497 e. The van der Waals surface area contributed by atoms with Crippen LogP contribution in [0.4, 0.5) is 5.69 Å². The van der Waals surface area contributed by atoms with Gasteiger partial charge in [0.05, 0.1) is 37.7 Å². The molecule has 38 heavy (non-hydrogen) atoms. The Morgan fingerprint density at radius 1 is 0.947 bits per heavy atom. The number of ether oxygens (including phenoxy) is 3. The van der Waals surface area contributed by atoms with Crippen molar-refractivity contribution in [2.24, 2.45) is 0 Å². The molecule has 4 rings (SSSR count). The van der Waals surface area contributed by atoms with Crippen molar-refractivity contribution >= 4 is 39.0 Å². The molecule has 2 aromatic heterocycles. The molecule has 2 N–H and O–H groups in total. The van der Waals surface area contributed by atoms with Crippen molar-refractivity contribution in [1.82, 2.24) is 24.5 Å². The first-order chi connectivity index (χ1) is 18.3. The van der Waals surface area contributed by atoms with Gasteiger partial charge in [0.2, 0.25) is 15.9 Å². The summed E-state index contributed by atoms with van der Waals surface area (Å²) in [6, 6.07) is 14.7. The van der Waals surface area contributed by atoms with Crippen molar-refractivity contribution in [3.05, 3.63) is 60.4 Å². The van der Waals surface area contributed by atoms with Gasteiger partial charge in [-0.15, -0.1) is 10.2 Å². The lowest BCUT2D eigenvalue weighted by Crippen LogP contribution is -2.26. The maximum absolute atomic E-state index is 12.6. The lowest BCUT2D eigenvalue weighted by Gasteiger charge is -2.11. The minimum absolute atomic E-state index is 0.0952. The molecule has 0 aliphatic rings. The highest BCUT2D eigenvalue weighted by Crippen LogP contribution is 2.29. The van der Waals surface area contributed by atoms with Crippen LogP contribution >= 0.6 is 11.8 Å². The van der Waals surface area contributed by atoms with E-state index < -0.39 is 10.0 Å². The fourth-order valence-corrected chi connectivity index (χ4v) is 5.11. The maximum atomic E-state index is 12.6. The number of nitrogens with zero attached hydrogens (tertiary/aromatic N) is 4. The van der Waals surface area contributed by atoms with Gasteiger partial charge in [0.1, 0.15) is 22.3 Å². The number of fused-ring (bicyclic) bond motifs is 1. The van der Waals surface area contributed by atoms with E-state index in [9.17, 15) is 13.2 Å². The van der Waals surface area contributed by atoms with Crippen molar-refractivity contribution in [3.8, 4) is 17.2 Å². The summed E-state index contributed by atoms with van der Waals surface area (Å²) in [5.41, 5.74) is 1.01. The Kier molecular flexibility index (Phi) is 8.66. The quantitative estimate of drug-likeness (QED) is 0.249. The fraction of sp³-hybridized carbons (Fsp3) is 0.250. The van der Waals surface area contributed by atoms with Gasteiger partial charge in [-0.05, 0) is 48.5 Å². The molecule has 0 saturated heterocycles. The van der Waals surface area contributed by atoms with Crippen molar-refractivity contribution < 1.29 is 27.4 Å². The fourth-order valence-electron chi connectivity index (χ4n) is 3.42. The Morgan fingerprint density at radius 2 is 1.68 bits per heavy atom. The Labute approximate surface area is 223 Å². The number of thioether (sulfide) groups is 1. The third kappa shape index (κ3) is 6.51. The van der Waals surface area contributed by atoms with Crippen LogP contribution in [0.15, 0.2) is 64.5 Å². The van der Waals surface area contributed by atoms with Gasteiger partial charge >= 0.3 is 0 Å². The first kappa shape index (κ1) is 27.2. The molecule has 0 bridgehead atoms. The van der Waals surface area contributed by atoms with Crippen LogP contribution in [0.3, 0.4) is 0 Å². The highest BCUT2D eigenvalue weighted by atomic mass is 32.2. The topological polar surface area (TPSA) is 146 Å². The van der Waals surface area contributed by atoms with E-state index >= 15 is 0 Å². The van der Waals surface area contributed by atoms with Crippen molar-refractivity contribution in [1.29, 1.82) is 0 Å². The summed E-state index contributed by atoms with van der Waals surface area (Å²) in [4.78, 5) is 12.7. The van der Waals surface area contributed by atoms with Gasteiger partial charge in [-0.3, -0.25) is 4.79 Å². The molecule has 14 heteroatoms. The molecule has 0 aliphatic heterocycles. The Morgan fingerprint density at radius 3 is 2.39 bits per heavy atom. The van der Waals surface area contributed by atoms with Crippen LogP contribution in [0, 0.1) is 0 Å². The van der Waals surface area contributed by atoms with Gasteiger partial charge < -0.3 is 19.5 Å². The molecule has 2 heterocycles. The van der Waals surface area contributed by atoms with Crippen LogP contribution < -0.4 is 24.2 Å². The van der Waals surface area contributed by atoms with Gasteiger partial charge in [0.15, 0.2) is 11.5 Å². The van der Waals surface area contributed by atoms with E-state index in [2.05, 4.69) is 25.3 Å². The molecule has 0 unspecified atom stereocenters. The van der Waals surface area contributed by atoms with E-state index in [1.54, 1.807) is 49.6 Å². The van der Waals surface area contributed by atoms with E-state index in [-0.39, 0.29) is 29.5 Å². The first-order valence-electron chi connectivity index (χ1n) is 11.3. The first-order valence-corrected chi connectivity index (χ1v) is 13.8. The zero-order valence-electron chi connectivity index (χ0n) is 20.9. The van der Waals surface area contributed by atoms with E-state index in [1.807, 2.05) is 0 Å². The summed E-state index contributed by atoms with van der Waals surface area (Å²) in [5.74, 6) is 1.99. The molecule has 0 aliphatic carbocycles. The van der Waals surface area contributed by atoms with E-state index in [4.69, 9.17) is 14.2 Å². The average Bonchev–Trinajstić information content (AvgIpc) is 3.33. The highest BCUT2D eigenvalue weighted by molar-refractivity contribution is 7.99. The predicted octanol–water partition coefficient (Wildman–Crippen LogP) is 2.40. The average molecular weight is 559 g/mol. The number of hydrogen-bond donors (Lipinski definition) is 2. The predicted molar refractivity (Wildman–Crippen MR) is 142 cm³/mol. The maximum Gasteiger partial charge on any atom is 0.240 e. The number of nitrogens with one attached hydrogen (secondary N) is 2. The summed E-state index contributed by atoms with van der Waals surface area (Å²) in [6.45, 7) is 0.0962. The zero-order valence-corrected chi connectivity index (χ0v) is 22.5. The van der Waals surface area contributed by atoms with Crippen LogP contribution in [0.2, 0.25) is 0 Å². The third-order valence-corrected chi connectivity index (χ3v) is 7.74. The number of sulfonamides is 1. The third-order valence-electron chi connectivity index (χ3n) is 5.35. The summed E-state index contributed by atoms with van der Waals surface area (Å²) in [6.07, 6.45) is 0.258. The number of benzene rings is 2. The van der Waals surface area contributed by atoms with Crippen molar-refractivity contribution in [2.45, 2.75) is 16.3 Å². The Balaban J connectivity index is 1.37. The van der Waals surface area contributed by atoms with Crippen molar-refractivity contribution in [3.63, 3.8) is 0 Å². The second-order valence-electron chi connectivity index (χ2n) is 7.78. The number of anilines is 1. The summed E-state index contributed by atoms with van der Waals surface area (Å²) in [7, 11) is 0.871.